The van der Waals surface area contributed by atoms with Crippen molar-refractivity contribution >= 4 is 6.41 Å². The number of fused-ring (bicyclic) bond motifs is 1. The number of hydrogen-bond acceptors (Lipinski definition) is 3. The predicted octanol–water partition coefficient (Wildman–Crippen LogP) is -0.928. The summed E-state index contributed by atoms with van der Waals surface area (Å²) in [6, 6.07) is 0.597. The van der Waals surface area contributed by atoms with Gasteiger partial charge in [-0.25, -0.2) is 0 Å². The molecular formula is C8H11N3O. The van der Waals surface area contributed by atoms with Gasteiger partial charge in [0.15, 0.2) is 0 Å². The smallest absolute Gasteiger partial charge is 0.209 e. The summed E-state index contributed by atoms with van der Waals surface area (Å²) < 4.78 is 0. The van der Waals surface area contributed by atoms with E-state index in [2.05, 4.69) is 28.1 Å². The SMILES string of the molecule is O=CNC1NC2C=CC=CC2N1. The van der Waals surface area contributed by atoms with Crippen molar-refractivity contribution in [2.24, 2.45) is 0 Å². The fraction of sp³-hybridized carbons (Fsp3) is 0.375. The molecule has 12 heavy (non-hydrogen) atoms. The molecule has 1 aliphatic heterocycles. The van der Waals surface area contributed by atoms with E-state index in [1.54, 1.807) is 0 Å². The van der Waals surface area contributed by atoms with Gasteiger partial charge in [0.05, 0.1) is 0 Å². The molecule has 1 saturated heterocycles. The van der Waals surface area contributed by atoms with Gasteiger partial charge in [-0.3, -0.25) is 15.4 Å². The normalized spacial score (nSPS) is 37.8. The second-order valence-electron chi connectivity index (χ2n) is 2.87. The summed E-state index contributed by atoms with van der Waals surface area (Å²) in [6.07, 6.45) is 8.73. The summed E-state index contributed by atoms with van der Waals surface area (Å²) in [5, 5.41) is 9.03. The molecule has 2 rings (SSSR count). The van der Waals surface area contributed by atoms with E-state index in [1.165, 1.54) is 0 Å². The van der Waals surface area contributed by atoms with E-state index in [9.17, 15) is 4.79 Å². The fourth-order valence-corrected chi connectivity index (χ4v) is 1.52. The molecule has 2 unspecified atom stereocenters. The minimum atomic E-state index is -0.107. The van der Waals surface area contributed by atoms with Crippen LogP contribution in [0.25, 0.3) is 0 Å². The van der Waals surface area contributed by atoms with E-state index in [-0.39, 0.29) is 6.29 Å². The molecule has 0 saturated carbocycles. The number of carbonyl (C=O) groups excluding carboxylic acids is 1. The molecule has 0 aromatic heterocycles. The molecule has 1 amide bonds. The Hall–Kier alpha value is -1.13. The number of allylic oxidation sites excluding steroid dienone is 2. The predicted molar refractivity (Wildman–Crippen MR) is 45.1 cm³/mol. The standard InChI is InChI=1S/C8H11N3O/c12-5-9-8-10-6-3-1-2-4-7(6)11-8/h1-8,10-11H,(H,9,12). The van der Waals surface area contributed by atoms with E-state index < -0.39 is 0 Å². The zero-order valence-electron chi connectivity index (χ0n) is 6.53. The number of nitrogens with one attached hydrogen (secondary N) is 3. The second kappa shape index (κ2) is 3.08. The van der Waals surface area contributed by atoms with Gasteiger partial charge in [0.25, 0.3) is 0 Å². The Balaban J connectivity index is 2.00. The van der Waals surface area contributed by atoms with Gasteiger partial charge in [-0.15, -0.1) is 0 Å². The maximum atomic E-state index is 10.1. The van der Waals surface area contributed by atoms with Gasteiger partial charge in [0.1, 0.15) is 6.29 Å². The minimum Gasteiger partial charge on any atom is -0.331 e. The van der Waals surface area contributed by atoms with Crippen LogP contribution in [0.5, 0.6) is 0 Å². The third-order valence-corrected chi connectivity index (χ3v) is 2.09. The first-order valence-corrected chi connectivity index (χ1v) is 3.97. The van der Waals surface area contributed by atoms with Crippen LogP contribution in [0.4, 0.5) is 0 Å². The molecule has 4 nitrogen and oxygen atoms in total. The average molecular weight is 165 g/mol. The molecule has 0 radical (unpaired) electrons. The summed E-state index contributed by atoms with van der Waals surface area (Å²) in [5.41, 5.74) is 0. The molecule has 0 aromatic carbocycles. The van der Waals surface area contributed by atoms with Crippen molar-refractivity contribution in [3.63, 3.8) is 0 Å². The third-order valence-electron chi connectivity index (χ3n) is 2.09. The number of hydrogen-bond donors (Lipinski definition) is 3. The van der Waals surface area contributed by atoms with Crippen LogP contribution in [0.3, 0.4) is 0 Å². The maximum absolute atomic E-state index is 10.1. The van der Waals surface area contributed by atoms with Gasteiger partial charge in [-0.05, 0) is 0 Å². The maximum Gasteiger partial charge on any atom is 0.209 e. The molecule has 4 heteroatoms. The lowest BCUT2D eigenvalue weighted by atomic mass is 10.1. The van der Waals surface area contributed by atoms with E-state index >= 15 is 0 Å². The molecule has 0 spiro atoms. The van der Waals surface area contributed by atoms with Crippen LogP contribution in [-0.4, -0.2) is 24.8 Å². The van der Waals surface area contributed by atoms with Crippen molar-refractivity contribution in [2.75, 3.05) is 0 Å². The highest BCUT2D eigenvalue weighted by atomic mass is 16.1. The Morgan fingerprint density at radius 2 is 1.75 bits per heavy atom. The molecule has 1 fully saturated rings. The van der Waals surface area contributed by atoms with Gasteiger partial charge >= 0.3 is 0 Å². The highest BCUT2D eigenvalue weighted by molar-refractivity contribution is 5.46. The number of amides is 1. The molecule has 3 N–H and O–H groups in total. The summed E-state index contributed by atoms with van der Waals surface area (Å²) in [6.45, 7) is 0. The fourth-order valence-electron chi connectivity index (χ4n) is 1.52. The van der Waals surface area contributed by atoms with Crippen molar-refractivity contribution in [1.29, 1.82) is 0 Å². The Bertz CT molecular complexity index is 216. The zero-order valence-corrected chi connectivity index (χ0v) is 6.53. The summed E-state index contributed by atoms with van der Waals surface area (Å²) in [7, 11) is 0. The zero-order chi connectivity index (χ0) is 8.39. The molecule has 1 heterocycles. The first-order valence-electron chi connectivity index (χ1n) is 3.97. The Labute approximate surface area is 70.7 Å². The van der Waals surface area contributed by atoms with Crippen LogP contribution in [0.15, 0.2) is 24.3 Å². The summed E-state index contributed by atoms with van der Waals surface area (Å²) >= 11 is 0. The Kier molecular flexibility index (Phi) is 1.93. The lowest BCUT2D eigenvalue weighted by Crippen LogP contribution is -2.45. The average Bonchev–Trinajstić information content (AvgIpc) is 2.47. The van der Waals surface area contributed by atoms with Crippen molar-refractivity contribution in [3.05, 3.63) is 24.3 Å². The molecule has 64 valence electrons. The van der Waals surface area contributed by atoms with Crippen LogP contribution in [0.1, 0.15) is 0 Å². The van der Waals surface area contributed by atoms with Crippen LogP contribution in [0.2, 0.25) is 0 Å². The molecular weight excluding hydrogens is 154 g/mol. The first kappa shape index (κ1) is 7.52. The lowest BCUT2D eigenvalue weighted by molar-refractivity contribution is -0.110. The van der Waals surface area contributed by atoms with E-state index in [0.29, 0.717) is 18.5 Å². The van der Waals surface area contributed by atoms with E-state index in [4.69, 9.17) is 0 Å². The number of carbonyl (C=O) groups is 1. The van der Waals surface area contributed by atoms with Gasteiger partial charge in [0, 0.05) is 12.1 Å². The molecule has 0 bridgehead atoms. The Morgan fingerprint density at radius 1 is 1.17 bits per heavy atom. The van der Waals surface area contributed by atoms with Crippen molar-refractivity contribution in [2.45, 2.75) is 18.4 Å². The molecule has 1 aliphatic carbocycles. The first-order chi connectivity index (χ1) is 5.90. The van der Waals surface area contributed by atoms with Gasteiger partial charge in [0.2, 0.25) is 6.41 Å². The van der Waals surface area contributed by atoms with Crippen LogP contribution in [-0.2, 0) is 4.79 Å². The Morgan fingerprint density at radius 3 is 2.25 bits per heavy atom. The lowest BCUT2D eigenvalue weighted by Gasteiger charge is -2.12. The minimum absolute atomic E-state index is 0.107. The van der Waals surface area contributed by atoms with E-state index in [1.807, 2.05) is 12.2 Å². The molecule has 0 aromatic rings. The van der Waals surface area contributed by atoms with Crippen LogP contribution < -0.4 is 16.0 Å². The van der Waals surface area contributed by atoms with Crippen molar-refractivity contribution < 1.29 is 4.79 Å². The quantitative estimate of drug-likeness (QED) is 0.463. The van der Waals surface area contributed by atoms with Crippen LogP contribution in [0, 0.1) is 0 Å². The van der Waals surface area contributed by atoms with Crippen molar-refractivity contribution in [3.8, 4) is 0 Å². The van der Waals surface area contributed by atoms with E-state index in [0.717, 1.165) is 0 Å². The highest BCUT2D eigenvalue weighted by Gasteiger charge is 2.29. The monoisotopic (exact) mass is 165 g/mol. The molecule has 2 aliphatic rings. The topological polar surface area (TPSA) is 53.2 Å². The third kappa shape index (κ3) is 1.26. The van der Waals surface area contributed by atoms with Gasteiger partial charge in [-0.2, -0.15) is 0 Å². The van der Waals surface area contributed by atoms with Gasteiger partial charge < -0.3 is 5.32 Å². The summed E-state index contributed by atoms with van der Waals surface area (Å²) in [5.74, 6) is 0. The molecule has 2 atom stereocenters. The summed E-state index contributed by atoms with van der Waals surface area (Å²) in [4.78, 5) is 10.1. The number of rotatable bonds is 2. The van der Waals surface area contributed by atoms with Crippen LogP contribution >= 0.6 is 0 Å². The highest BCUT2D eigenvalue weighted by Crippen LogP contribution is 2.10. The van der Waals surface area contributed by atoms with Gasteiger partial charge in [-0.1, -0.05) is 24.3 Å². The second-order valence-corrected chi connectivity index (χ2v) is 2.87. The largest absolute Gasteiger partial charge is 0.331 e. The van der Waals surface area contributed by atoms with Crippen molar-refractivity contribution in [1.82, 2.24) is 16.0 Å².